The Balaban J connectivity index is 2.18. The third-order valence-electron chi connectivity index (χ3n) is 2.24. The van der Waals surface area contributed by atoms with Crippen LogP contribution in [0.1, 0.15) is 0 Å². The zero-order chi connectivity index (χ0) is 13.8. The van der Waals surface area contributed by atoms with Crippen molar-refractivity contribution in [3.05, 3.63) is 30.3 Å². The topological polar surface area (TPSA) is 109 Å². The quantitative estimate of drug-likeness (QED) is 0.764. The highest BCUT2D eigenvalue weighted by Gasteiger charge is 2.12. The van der Waals surface area contributed by atoms with Crippen LogP contribution in [0.3, 0.4) is 0 Å². The summed E-state index contributed by atoms with van der Waals surface area (Å²) in [4.78, 5) is 25.5. The molecule has 0 aliphatic carbocycles. The lowest BCUT2D eigenvalue weighted by atomic mass is 10.2. The molecule has 0 atom stereocenters. The van der Waals surface area contributed by atoms with Crippen LogP contribution in [0, 0.1) is 0 Å². The summed E-state index contributed by atoms with van der Waals surface area (Å²) in [6.45, 7) is -0.576. The molecule has 0 saturated carbocycles. The van der Waals surface area contributed by atoms with Gasteiger partial charge in [0, 0.05) is 5.39 Å². The summed E-state index contributed by atoms with van der Waals surface area (Å²) >= 11 is 0. The summed E-state index contributed by atoms with van der Waals surface area (Å²) in [5.41, 5.74) is 0.543. The fourth-order valence-corrected chi connectivity index (χ4v) is 1.43. The molecule has 0 aliphatic rings. The van der Waals surface area contributed by atoms with Gasteiger partial charge >= 0.3 is 12.1 Å². The number of ether oxygens (including phenoxy) is 1. The van der Waals surface area contributed by atoms with Crippen LogP contribution in [0.15, 0.2) is 30.3 Å². The Labute approximate surface area is 107 Å². The number of pyridine rings is 1. The van der Waals surface area contributed by atoms with Gasteiger partial charge in [0.25, 0.3) is 5.88 Å². The molecule has 1 heterocycles. The average Bonchev–Trinajstić information content (AvgIpc) is 2.37. The molecule has 7 heteroatoms. The van der Waals surface area contributed by atoms with Crippen molar-refractivity contribution in [1.29, 1.82) is 0 Å². The van der Waals surface area contributed by atoms with Gasteiger partial charge in [-0.25, -0.2) is 9.78 Å². The number of aliphatic carboxylic acids is 1. The number of nitrogens with one attached hydrogen (secondary N) is 1. The Hall–Kier alpha value is -2.83. The van der Waals surface area contributed by atoms with Crippen LogP contribution in [-0.4, -0.2) is 33.8 Å². The van der Waals surface area contributed by atoms with Crippen molar-refractivity contribution >= 4 is 23.0 Å². The van der Waals surface area contributed by atoms with Gasteiger partial charge in [0.1, 0.15) is 6.54 Å². The number of carboxylic acid groups (broad SMARTS) is 1. The van der Waals surface area contributed by atoms with Gasteiger partial charge in [0.15, 0.2) is 5.75 Å². The minimum absolute atomic E-state index is 0.276. The molecule has 1 amide bonds. The van der Waals surface area contributed by atoms with E-state index < -0.39 is 18.6 Å². The van der Waals surface area contributed by atoms with Gasteiger partial charge in [0.2, 0.25) is 0 Å². The molecule has 0 fully saturated rings. The van der Waals surface area contributed by atoms with Crippen LogP contribution in [-0.2, 0) is 4.79 Å². The molecule has 0 saturated heterocycles. The maximum atomic E-state index is 11.3. The van der Waals surface area contributed by atoms with Gasteiger partial charge in [-0.05, 0) is 12.1 Å². The number of hydrogen-bond donors (Lipinski definition) is 3. The van der Waals surface area contributed by atoms with Crippen molar-refractivity contribution in [3.8, 4) is 11.6 Å². The van der Waals surface area contributed by atoms with Crippen LogP contribution >= 0.6 is 0 Å². The van der Waals surface area contributed by atoms with Crippen LogP contribution in [0.2, 0.25) is 0 Å². The maximum absolute atomic E-state index is 11.3. The van der Waals surface area contributed by atoms with Crippen molar-refractivity contribution in [2.45, 2.75) is 0 Å². The van der Waals surface area contributed by atoms with Crippen LogP contribution < -0.4 is 10.1 Å². The number of amides is 1. The van der Waals surface area contributed by atoms with Crippen molar-refractivity contribution in [1.82, 2.24) is 10.3 Å². The van der Waals surface area contributed by atoms with Gasteiger partial charge < -0.3 is 20.3 Å². The maximum Gasteiger partial charge on any atom is 0.414 e. The molecule has 0 radical (unpaired) electrons. The molecule has 2 rings (SSSR count). The van der Waals surface area contributed by atoms with Gasteiger partial charge in [-0.3, -0.25) is 4.79 Å². The number of benzene rings is 1. The molecular weight excluding hydrogens is 252 g/mol. The summed E-state index contributed by atoms with van der Waals surface area (Å²) in [5.74, 6) is -1.78. The molecule has 0 unspecified atom stereocenters. The van der Waals surface area contributed by atoms with Crippen molar-refractivity contribution in [3.63, 3.8) is 0 Å². The molecule has 98 valence electrons. The van der Waals surface area contributed by atoms with E-state index in [4.69, 9.17) is 9.84 Å². The number of hydrogen-bond acceptors (Lipinski definition) is 5. The number of fused-ring (bicyclic) bond motifs is 1. The first-order valence-electron chi connectivity index (χ1n) is 5.32. The first-order valence-corrected chi connectivity index (χ1v) is 5.32. The first-order chi connectivity index (χ1) is 9.06. The highest BCUT2D eigenvalue weighted by atomic mass is 16.6. The molecule has 0 aliphatic heterocycles. The lowest BCUT2D eigenvalue weighted by Gasteiger charge is -2.07. The second-order valence-electron chi connectivity index (χ2n) is 3.64. The molecule has 3 N–H and O–H groups in total. The Morgan fingerprint density at radius 1 is 1.32 bits per heavy atom. The number of aromatic nitrogens is 1. The standard InChI is InChI=1S/C12H10N2O5/c15-9-5-7-3-1-2-4-8(7)14-11(9)19-12(18)13-6-10(16)17/h1-5,15H,6H2,(H,13,18)(H,16,17). The zero-order valence-electron chi connectivity index (χ0n) is 9.66. The molecule has 0 spiro atoms. The Kier molecular flexibility index (Phi) is 3.46. The van der Waals surface area contributed by atoms with E-state index in [0.29, 0.717) is 10.9 Å². The molecular formula is C12H10N2O5. The zero-order valence-corrected chi connectivity index (χ0v) is 9.66. The Morgan fingerprint density at radius 3 is 2.79 bits per heavy atom. The summed E-state index contributed by atoms with van der Waals surface area (Å²) in [5, 5.41) is 20.7. The summed E-state index contributed by atoms with van der Waals surface area (Å²) in [6, 6.07) is 8.37. The van der Waals surface area contributed by atoms with Crippen molar-refractivity contribution < 1.29 is 24.5 Å². The lowest BCUT2D eigenvalue weighted by Crippen LogP contribution is -2.31. The van der Waals surface area contributed by atoms with E-state index in [2.05, 4.69) is 4.98 Å². The summed E-state index contributed by atoms with van der Waals surface area (Å²) < 4.78 is 4.73. The molecule has 1 aromatic heterocycles. The average molecular weight is 262 g/mol. The smallest absolute Gasteiger partial charge is 0.414 e. The molecule has 0 bridgehead atoms. The third kappa shape index (κ3) is 3.09. The van der Waals surface area contributed by atoms with E-state index in [1.807, 2.05) is 5.32 Å². The monoisotopic (exact) mass is 262 g/mol. The first kappa shape index (κ1) is 12.6. The van der Waals surface area contributed by atoms with Crippen LogP contribution in [0.25, 0.3) is 10.9 Å². The number of aromatic hydroxyl groups is 1. The second-order valence-corrected chi connectivity index (χ2v) is 3.64. The fourth-order valence-electron chi connectivity index (χ4n) is 1.43. The number of rotatable bonds is 3. The van der Waals surface area contributed by atoms with Crippen LogP contribution in [0.5, 0.6) is 11.6 Å². The van der Waals surface area contributed by atoms with E-state index in [1.54, 1.807) is 24.3 Å². The highest BCUT2D eigenvalue weighted by molar-refractivity contribution is 5.82. The largest absolute Gasteiger partial charge is 0.503 e. The summed E-state index contributed by atoms with van der Waals surface area (Å²) in [7, 11) is 0. The van der Waals surface area contributed by atoms with Gasteiger partial charge in [0.05, 0.1) is 5.52 Å². The fraction of sp³-hybridized carbons (Fsp3) is 0.0833. The molecule has 7 nitrogen and oxygen atoms in total. The SMILES string of the molecule is O=C(O)CNC(=O)Oc1nc2ccccc2cc1O. The van der Waals surface area contributed by atoms with E-state index in [0.717, 1.165) is 0 Å². The van der Waals surface area contributed by atoms with E-state index in [-0.39, 0.29) is 11.6 Å². The van der Waals surface area contributed by atoms with Crippen molar-refractivity contribution in [2.75, 3.05) is 6.54 Å². The van der Waals surface area contributed by atoms with Crippen LogP contribution in [0.4, 0.5) is 4.79 Å². The van der Waals surface area contributed by atoms with Gasteiger partial charge in [-0.1, -0.05) is 18.2 Å². The number of carbonyl (C=O) groups is 2. The minimum atomic E-state index is -1.20. The Morgan fingerprint density at radius 2 is 2.05 bits per heavy atom. The van der Waals surface area contributed by atoms with E-state index in [9.17, 15) is 14.7 Å². The highest BCUT2D eigenvalue weighted by Crippen LogP contribution is 2.27. The predicted molar refractivity (Wildman–Crippen MR) is 65.1 cm³/mol. The third-order valence-corrected chi connectivity index (χ3v) is 2.24. The molecule has 2 aromatic rings. The number of nitrogens with zero attached hydrogens (tertiary/aromatic N) is 1. The number of para-hydroxylation sites is 1. The van der Waals surface area contributed by atoms with E-state index in [1.165, 1.54) is 6.07 Å². The lowest BCUT2D eigenvalue weighted by molar-refractivity contribution is -0.135. The second kappa shape index (κ2) is 5.21. The predicted octanol–water partition coefficient (Wildman–Crippen LogP) is 1.11. The molecule has 1 aromatic carbocycles. The van der Waals surface area contributed by atoms with Gasteiger partial charge in [-0.2, -0.15) is 0 Å². The minimum Gasteiger partial charge on any atom is -0.503 e. The number of carbonyl (C=O) groups excluding carboxylic acids is 1. The van der Waals surface area contributed by atoms with E-state index >= 15 is 0 Å². The summed E-state index contributed by atoms with van der Waals surface area (Å²) in [6.07, 6.45) is -1.000. The molecule has 19 heavy (non-hydrogen) atoms. The normalized spacial score (nSPS) is 10.1. The number of carboxylic acids is 1. The Bertz CT molecular complexity index is 641. The van der Waals surface area contributed by atoms with Crippen molar-refractivity contribution in [2.24, 2.45) is 0 Å². The van der Waals surface area contributed by atoms with Gasteiger partial charge in [-0.15, -0.1) is 0 Å².